The molecule has 0 unspecified atom stereocenters. The standard InChI is InChI=1S/C4H6O2.Tl/c1-3(2)4(5)6;/h1H2,2H3,(H,5,6);. The number of hydrogen-bond acceptors (Lipinski definition) is 1. The molecule has 0 amide bonds. The Morgan fingerprint density at radius 2 is 1.86 bits per heavy atom. The Bertz CT molecular complexity index is 75.7. The molecule has 37 valence electrons. The Morgan fingerprint density at radius 3 is 1.86 bits per heavy atom. The molecule has 0 aliphatic rings. The number of aliphatic carboxylic acids is 1. The predicted molar refractivity (Wildman–Crippen MR) is 28.2 cm³/mol. The molecule has 0 fully saturated rings. The molecule has 0 rings (SSSR count). The van der Waals surface area contributed by atoms with E-state index in [0.29, 0.717) is 0 Å². The number of hydrogen-bond donors (Lipinski definition) is 1. The van der Waals surface area contributed by atoms with E-state index in [4.69, 9.17) is 5.11 Å². The smallest absolute Gasteiger partial charge is 0.330 e. The molecule has 0 saturated heterocycles. The van der Waals surface area contributed by atoms with E-state index >= 15 is 0 Å². The van der Waals surface area contributed by atoms with Crippen molar-refractivity contribution >= 4 is 33.3 Å². The average molecular weight is 290 g/mol. The Morgan fingerprint density at radius 1 is 1.71 bits per heavy atom. The zero-order valence-corrected chi connectivity index (χ0v) is 8.63. The maximum Gasteiger partial charge on any atom is 0.330 e. The minimum absolute atomic E-state index is 0. The van der Waals surface area contributed by atoms with Crippen molar-refractivity contribution in [3.63, 3.8) is 0 Å². The quantitative estimate of drug-likeness (QED) is 0.556. The fourth-order valence-electron chi connectivity index (χ4n) is 0. The second-order valence-electron chi connectivity index (χ2n) is 1.09. The van der Waals surface area contributed by atoms with Gasteiger partial charge in [0.25, 0.3) is 0 Å². The Kier molecular flexibility index (Phi) is 6.25. The van der Waals surface area contributed by atoms with Crippen molar-refractivity contribution in [2.75, 3.05) is 0 Å². The van der Waals surface area contributed by atoms with Crippen molar-refractivity contribution in [3.05, 3.63) is 12.2 Å². The van der Waals surface area contributed by atoms with Gasteiger partial charge >= 0.3 is 5.97 Å². The largest absolute Gasteiger partial charge is 0.478 e. The summed E-state index contributed by atoms with van der Waals surface area (Å²) in [5.74, 6) is -0.935. The topological polar surface area (TPSA) is 37.3 Å². The van der Waals surface area contributed by atoms with Crippen LogP contribution in [0.3, 0.4) is 0 Å². The second kappa shape index (κ2) is 4.30. The van der Waals surface area contributed by atoms with Crippen LogP contribution in [0.4, 0.5) is 0 Å². The van der Waals surface area contributed by atoms with E-state index in [2.05, 4.69) is 6.58 Å². The summed E-state index contributed by atoms with van der Waals surface area (Å²) in [4.78, 5) is 9.60. The van der Waals surface area contributed by atoms with E-state index in [1.807, 2.05) is 0 Å². The van der Waals surface area contributed by atoms with Crippen LogP contribution in [0.1, 0.15) is 6.92 Å². The van der Waals surface area contributed by atoms with Crippen LogP contribution >= 0.6 is 0 Å². The summed E-state index contributed by atoms with van der Waals surface area (Å²) in [5.41, 5.74) is 0.176. The first-order chi connectivity index (χ1) is 2.64. The Labute approximate surface area is 62.4 Å². The maximum absolute atomic E-state index is 9.60. The molecular formula is C4H6O2Tl. The molecule has 0 aromatic rings. The Hall–Kier alpha value is 0.132. The zero-order valence-electron chi connectivity index (χ0n) is 4.14. The molecule has 0 spiro atoms. The van der Waals surface area contributed by atoms with Gasteiger partial charge in [-0.05, 0) is 6.92 Å². The first-order valence-electron chi connectivity index (χ1n) is 1.53. The zero-order chi connectivity index (χ0) is 5.15. The van der Waals surface area contributed by atoms with Crippen molar-refractivity contribution < 1.29 is 9.90 Å². The summed E-state index contributed by atoms with van der Waals surface area (Å²) in [6.45, 7) is 4.60. The van der Waals surface area contributed by atoms with E-state index in [0.717, 1.165) is 0 Å². The van der Waals surface area contributed by atoms with E-state index < -0.39 is 5.97 Å². The molecule has 0 aliphatic carbocycles. The molecule has 7 heavy (non-hydrogen) atoms. The fourth-order valence-corrected chi connectivity index (χ4v) is 0. The van der Waals surface area contributed by atoms with Crippen molar-refractivity contribution in [2.24, 2.45) is 0 Å². The van der Waals surface area contributed by atoms with Crippen LogP contribution in [0, 0.1) is 0 Å². The van der Waals surface area contributed by atoms with Crippen LogP contribution in [0.2, 0.25) is 0 Å². The van der Waals surface area contributed by atoms with Crippen molar-refractivity contribution in [2.45, 2.75) is 6.92 Å². The van der Waals surface area contributed by atoms with Crippen molar-refractivity contribution in [1.82, 2.24) is 0 Å². The molecule has 2 nitrogen and oxygen atoms in total. The van der Waals surface area contributed by atoms with Crippen LogP contribution < -0.4 is 0 Å². The van der Waals surface area contributed by atoms with Gasteiger partial charge in [0.05, 0.1) is 0 Å². The van der Waals surface area contributed by atoms with Crippen molar-refractivity contribution in [3.8, 4) is 0 Å². The normalized spacial score (nSPS) is 6.43. The third-order valence-electron chi connectivity index (χ3n) is 0.365. The molecule has 0 atom stereocenters. The summed E-state index contributed by atoms with van der Waals surface area (Å²) >= 11 is 0. The molecule has 0 heterocycles. The Balaban J connectivity index is 0. The maximum atomic E-state index is 9.60. The second-order valence-corrected chi connectivity index (χ2v) is 1.09. The predicted octanol–water partition coefficient (Wildman–Crippen LogP) is 0.266. The molecule has 0 aromatic heterocycles. The summed E-state index contributed by atoms with van der Waals surface area (Å²) in [6, 6.07) is 0. The van der Waals surface area contributed by atoms with Gasteiger partial charge in [0.1, 0.15) is 0 Å². The molecule has 0 saturated carbocycles. The molecular weight excluding hydrogens is 284 g/mol. The van der Waals surface area contributed by atoms with Crippen LogP contribution in [0.5, 0.6) is 0 Å². The van der Waals surface area contributed by atoms with Gasteiger partial charge < -0.3 is 5.11 Å². The summed E-state index contributed by atoms with van der Waals surface area (Å²) in [5, 5.41) is 7.89. The van der Waals surface area contributed by atoms with Gasteiger partial charge in [0, 0.05) is 32.9 Å². The first kappa shape index (κ1) is 10.2. The minimum Gasteiger partial charge on any atom is -0.478 e. The molecule has 1 N–H and O–H groups in total. The number of rotatable bonds is 1. The van der Waals surface area contributed by atoms with E-state index in [-0.39, 0.29) is 32.9 Å². The van der Waals surface area contributed by atoms with E-state index in [1.165, 1.54) is 6.92 Å². The SMILES string of the molecule is C=C(C)C(=O)O.[Tl]. The molecule has 0 aromatic carbocycles. The molecule has 3 heteroatoms. The van der Waals surface area contributed by atoms with Gasteiger partial charge in [0.15, 0.2) is 0 Å². The van der Waals surface area contributed by atoms with Crippen LogP contribution in [-0.2, 0) is 4.79 Å². The number of carboxylic acid groups (broad SMARTS) is 1. The molecule has 0 bridgehead atoms. The van der Waals surface area contributed by atoms with Gasteiger partial charge in [-0.15, -0.1) is 0 Å². The number of carbonyl (C=O) groups is 1. The summed E-state index contributed by atoms with van der Waals surface area (Å²) in [7, 11) is 0. The monoisotopic (exact) mass is 291 g/mol. The van der Waals surface area contributed by atoms with Crippen molar-refractivity contribution in [1.29, 1.82) is 0 Å². The fraction of sp³-hybridized carbons (Fsp3) is 0.250. The van der Waals surface area contributed by atoms with Crippen LogP contribution in [0.15, 0.2) is 12.2 Å². The third kappa shape index (κ3) is 6.13. The van der Waals surface area contributed by atoms with Gasteiger partial charge in [-0.2, -0.15) is 0 Å². The van der Waals surface area contributed by atoms with Gasteiger partial charge in [-0.25, -0.2) is 4.79 Å². The van der Waals surface area contributed by atoms with Gasteiger partial charge in [-0.3, -0.25) is 0 Å². The number of carboxylic acids is 1. The molecule has 0 aliphatic heterocycles. The van der Waals surface area contributed by atoms with E-state index in [9.17, 15) is 4.79 Å². The third-order valence-corrected chi connectivity index (χ3v) is 0.365. The van der Waals surface area contributed by atoms with Crippen LogP contribution in [0.25, 0.3) is 0 Å². The minimum atomic E-state index is -0.935. The summed E-state index contributed by atoms with van der Waals surface area (Å²) in [6.07, 6.45) is 0. The average Bonchev–Trinajstić information content (AvgIpc) is 1.36. The molecule has 1 radical (unpaired) electrons. The van der Waals surface area contributed by atoms with Gasteiger partial charge in [-0.1, -0.05) is 6.58 Å². The first-order valence-corrected chi connectivity index (χ1v) is 1.53. The van der Waals surface area contributed by atoms with Crippen LogP contribution in [-0.4, -0.2) is 38.4 Å². The van der Waals surface area contributed by atoms with Gasteiger partial charge in [0.2, 0.25) is 0 Å². The summed E-state index contributed by atoms with van der Waals surface area (Å²) < 4.78 is 0. The van der Waals surface area contributed by atoms with E-state index in [1.54, 1.807) is 0 Å².